The van der Waals surface area contributed by atoms with Gasteiger partial charge in [0.25, 0.3) is 0 Å². The fraction of sp³-hybridized carbons (Fsp3) is 0.333. The van der Waals surface area contributed by atoms with Crippen LogP contribution in [0.1, 0.15) is 22.2 Å². The van der Waals surface area contributed by atoms with Gasteiger partial charge in [0.2, 0.25) is 6.29 Å². The van der Waals surface area contributed by atoms with Gasteiger partial charge in [-0.25, -0.2) is 4.79 Å². The van der Waals surface area contributed by atoms with Crippen molar-refractivity contribution in [1.29, 1.82) is 0 Å². The predicted octanol–water partition coefficient (Wildman–Crippen LogP) is 2.53. The number of oxime groups is 1. The van der Waals surface area contributed by atoms with Gasteiger partial charge in [-0.1, -0.05) is 53.7 Å². The molecule has 0 spiro atoms. The van der Waals surface area contributed by atoms with E-state index in [0.717, 1.165) is 5.56 Å². The smallest absolute Gasteiger partial charge is 0.338 e. The lowest BCUT2D eigenvalue weighted by Gasteiger charge is -2.44. The predicted molar refractivity (Wildman–Crippen MR) is 101 cm³/mol. The number of esters is 1. The number of ether oxygens (including phenoxy) is 5. The molecular weight excluding hydrogens is 378 g/mol. The molecule has 8 heteroatoms. The van der Waals surface area contributed by atoms with Crippen molar-refractivity contribution in [2.45, 2.75) is 30.9 Å². The van der Waals surface area contributed by atoms with Gasteiger partial charge in [-0.2, -0.15) is 0 Å². The number of hydrogen-bond acceptors (Lipinski definition) is 8. The summed E-state index contributed by atoms with van der Waals surface area (Å²) in [5.74, 6) is -0.590. The molecule has 0 saturated carbocycles. The lowest BCUT2D eigenvalue weighted by molar-refractivity contribution is -0.299. The van der Waals surface area contributed by atoms with Crippen molar-refractivity contribution in [2.24, 2.45) is 5.16 Å². The average molecular weight is 399 g/mol. The number of rotatable bonds is 4. The molecule has 0 bridgehead atoms. The van der Waals surface area contributed by atoms with E-state index in [1.54, 1.807) is 30.3 Å². The molecule has 2 fully saturated rings. The van der Waals surface area contributed by atoms with Crippen LogP contribution < -0.4 is 0 Å². The minimum atomic E-state index is -1.08. The summed E-state index contributed by atoms with van der Waals surface area (Å²) in [7, 11) is 1.42. The van der Waals surface area contributed by atoms with E-state index < -0.39 is 36.9 Å². The van der Waals surface area contributed by atoms with E-state index in [4.69, 9.17) is 23.7 Å². The van der Waals surface area contributed by atoms with E-state index >= 15 is 0 Å². The molecule has 4 rings (SSSR count). The second-order valence-electron chi connectivity index (χ2n) is 6.63. The molecule has 2 aromatic carbocycles. The van der Waals surface area contributed by atoms with Gasteiger partial charge in [-0.05, 0) is 12.1 Å². The maximum atomic E-state index is 12.5. The van der Waals surface area contributed by atoms with Crippen molar-refractivity contribution in [3.8, 4) is 0 Å². The van der Waals surface area contributed by atoms with Crippen LogP contribution in [0.25, 0.3) is 0 Å². The highest BCUT2D eigenvalue weighted by atomic mass is 16.8. The van der Waals surface area contributed by atoms with Crippen molar-refractivity contribution in [2.75, 3.05) is 13.7 Å². The molecule has 152 valence electrons. The van der Waals surface area contributed by atoms with Crippen molar-refractivity contribution < 1.29 is 33.7 Å². The number of carbonyl (C=O) groups is 1. The zero-order chi connectivity index (χ0) is 20.2. The highest BCUT2D eigenvalue weighted by molar-refractivity contribution is 5.97. The molecule has 2 heterocycles. The van der Waals surface area contributed by atoms with E-state index in [1.807, 2.05) is 30.3 Å². The van der Waals surface area contributed by atoms with Crippen LogP contribution in [0.15, 0.2) is 65.8 Å². The van der Waals surface area contributed by atoms with Crippen LogP contribution in [-0.2, 0) is 23.7 Å². The minimum absolute atomic E-state index is 0.113. The fourth-order valence-electron chi connectivity index (χ4n) is 3.40. The van der Waals surface area contributed by atoms with Crippen LogP contribution in [0.2, 0.25) is 0 Å². The van der Waals surface area contributed by atoms with E-state index in [-0.39, 0.29) is 12.3 Å². The molecule has 2 aromatic rings. The third kappa shape index (κ3) is 4.01. The first kappa shape index (κ1) is 19.5. The number of carbonyl (C=O) groups excluding carboxylic acids is 1. The highest BCUT2D eigenvalue weighted by Gasteiger charge is 2.50. The number of nitrogens with zero attached hydrogens (tertiary/aromatic N) is 1. The lowest BCUT2D eigenvalue weighted by atomic mass is 9.98. The van der Waals surface area contributed by atoms with Crippen LogP contribution in [0.3, 0.4) is 0 Å². The van der Waals surface area contributed by atoms with Crippen LogP contribution in [0.5, 0.6) is 0 Å². The lowest BCUT2D eigenvalue weighted by Crippen LogP contribution is -2.61. The third-order valence-electron chi connectivity index (χ3n) is 4.82. The molecule has 0 radical (unpaired) electrons. The van der Waals surface area contributed by atoms with E-state index in [2.05, 4.69) is 5.16 Å². The minimum Gasteiger partial charge on any atom is -0.447 e. The summed E-state index contributed by atoms with van der Waals surface area (Å²) in [4.78, 5) is 12.5. The van der Waals surface area contributed by atoms with Gasteiger partial charge >= 0.3 is 5.97 Å². The Morgan fingerprint density at radius 2 is 1.76 bits per heavy atom. The van der Waals surface area contributed by atoms with Crippen molar-refractivity contribution in [3.05, 3.63) is 71.8 Å². The average Bonchev–Trinajstić information content (AvgIpc) is 2.79. The Hall–Kier alpha value is -2.78. The SMILES string of the molecule is CO[C@H]1O[C@@H]2COC(c3ccccc3)O[C@H]2/C(=N\O)[C@@H]1OC(=O)c1ccccc1. The summed E-state index contributed by atoms with van der Waals surface area (Å²) < 4.78 is 28.5. The van der Waals surface area contributed by atoms with Gasteiger partial charge in [-0.15, -0.1) is 0 Å². The molecule has 8 nitrogen and oxygen atoms in total. The van der Waals surface area contributed by atoms with Gasteiger partial charge in [-0.3, -0.25) is 0 Å². The number of methoxy groups -OCH3 is 1. The fourth-order valence-corrected chi connectivity index (χ4v) is 3.40. The summed E-state index contributed by atoms with van der Waals surface area (Å²) in [6.07, 6.45) is -4.04. The van der Waals surface area contributed by atoms with E-state index in [1.165, 1.54) is 7.11 Å². The van der Waals surface area contributed by atoms with Crippen LogP contribution in [0, 0.1) is 0 Å². The molecule has 0 aliphatic carbocycles. The second-order valence-corrected chi connectivity index (χ2v) is 6.63. The molecule has 2 saturated heterocycles. The second kappa shape index (κ2) is 8.71. The molecule has 0 aromatic heterocycles. The monoisotopic (exact) mass is 399 g/mol. The molecule has 5 atom stereocenters. The van der Waals surface area contributed by atoms with Crippen molar-refractivity contribution in [3.63, 3.8) is 0 Å². The zero-order valence-electron chi connectivity index (χ0n) is 15.7. The summed E-state index contributed by atoms with van der Waals surface area (Å²) in [5, 5.41) is 13.1. The van der Waals surface area contributed by atoms with Gasteiger partial charge in [0.05, 0.1) is 12.2 Å². The van der Waals surface area contributed by atoms with Crippen molar-refractivity contribution >= 4 is 11.7 Å². The molecule has 1 N–H and O–H groups in total. The molecule has 2 aliphatic rings. The van der Waals surface area contributed by atoms with Crippen LogP contribution in [-0.4, -0.2) is 55.2 Å². The zero-order valence-corrected chi connectivity index (χ0v) is 15.7. The number of hydrogen-bond donors (Lipinski definition) is 1. The van der Waals surface area contributed by atoms with E-state index in [0.29, 0.717) is 5.56 Å². The molecule has 2 aliphatic heterocycles. The topological polar surface area (TPSA) is 95.8 Å². The van der Waals surface area contributed by atoms with E-state index in [9.17, 15) is 10.0 Å². The Morgan fingerprint density at radius 3 is 2.41 bits per heavy atom. The van der Waals surface area contributed by atoms with Gasteiger partial charge in [0.15, 0.2) is 12.4 Å². The van der Waals surface area contributed by atoms with Gasteiger partial charge in [0.1, 0.15) is 17.9 Å². The first-order valence-electron chi connectivity index (χ1n) is 9.19. The largest absolute Gasteiger partial charge is 0.447 e. The Balaban J connectivity index is 1.56. The van der Waals surface area contributed by atoms with Crippen molar-refractivity contribution in [1.82, 2.24) is 0 Å². The maximum Gasteiger partial charge on any atom is 0.338 e. The molecule has 0 amide bonds. The standard InChI is InChI=1S/C21H21NO7/c1-25-21-18(28-19(23)13-8-4-2-5-9-13)16(22-24)17-15(27-21)12-26-20(29-17)14-10-6-3-7-11-14/h2-11,15,17-18,20-21,24H,12H2,1H3/b22-16+/t15-,17-,18+,20?,21+/m1/s1. The summed E-state index contributed by atoms with van der Waals surface area (Å²) in [6.45, 7) is 0.197. The molecule has 29 heavy (non-hydrogen) atoms. The highest BCUT2D eigenvalue weighted by Crippen LogP contribution is 2.34. The quantitative estimate of drug-likeness (QED) is 0.479. The normalized spacial score (nSPS) is 30.5. The summed E-state index contributed by atoms with van der Waals surface area (Å²) >= 11 is 0. The maximum absolute atomic E-state index is 12.5. The first-order valence-corrected chi connectivity index (χ1v) is 9.19. The Labute approximate surface area is 167 Å². The summed E-state index contributed by atoms with van der Waals surface area (Å²) in [5.41, 5.74) is 1.29. The molecular formula is C21H21NO7. The summed E-state index contributed by atoms with van der Waals surface area (Å²) in [6, 6.07) is 17.9. The molecule has 1 unspecified atom stereocenters. The van der Waals surface area contributed by atoms with Gasteiger partial charge in [0, 0.05) is 12.7 Å². The van der Waals surface area contributed by atoms with Gasteiger partial charge < -0.3 is 28.9 Å². The Bertz CT molecular complexity index is 858. The Morgan fingerprint density at radius 1 is 1.07 bits per heavy atom. The number of fused-ring (bicyclic) bond motifs is 1. The third-order valence-corrected chi connectivity index (χ3v) is 4.82. The number of benzene rings is 2. The Kier molecular flexibility index (Phi) is 5.86. The van der Waals surface area contributed by atoms with Crippen LogP contribution in [0.4, 0.5) is 0 Å². The van der Waals surface area contributed by atoms with Crippen LogP contribution >= 0.6 is 0 Å². The first-order chi connectivity index (χ1) is 14.2.